The van der Waals surface area contributed by atoms with Crippen molar-refractivity contribution in [3.63, 3.8) is 0 Å². The molecule has 0 saturated heterocycles. The number of nitrogens with one attached hydrogen (secondary N) is 1. The average Bonchev–Trinajstić information content (AvgIpc) is 3.07. The van der Waals surface area contributed by atoms with Crippen molar-refractivity contribution in [1.82, 2.24) is 19.5 Å². The molecule has 2 N–H and O–H groups in total. The van der Waals surface area contributed by atoms with Gasteiger partial charge in [-0.3, -0.25) is 4.68 Å². The lowest BCUT2D eigenvalue weighted by Crippen LogP contribution is -2.27. The molecule has 1 unspecified atom stereocenters. The second kappa shape index (κ2) is 6.44. The fourth-order valence-corrected chi connectivity index (χ4v) is 3.37. The minimum Gasteiger partial charge on any atom is -0.394 e. The van der Waals surface area contributed by atoms with E-state index in [2.05, 4.69) is 14.8 Å². The van der Waals surface area contributed by atoms with E-state index in [4.69, 9.17) is 5.11 Å². The maximum atomic E-state index is 12.1. The van der Waals surface area contributed by atoms with Crippen molar-refractivity contribution in [3.8, 4) is 0 Å². The molecule has 110 valence electrons. The first kappa shape index (κ1) is 15.1. The maximum Gasteiger partial charge on any atom is 0.243 e. The number of sulfonamides is 1. The molecule has 0 aliphatic heterocycles. The number of hydrogen-bond acceptors (Lipinski definition) is 6. The van der Waals surface area contributed by atoms with Crippen molar-refractivity contribution in [3.05, 3.63) is 29.0 Å². The fourth-order valence-electron chi connectivity index (χ4n) is 1.59. The van der Waals surface area contributed by atoms with Gasteiger partial charge < -0.3 is 5.11 Å². The van der Waals surface area contributed by atoms with E-state index in [-0.39, 0.29) is 30.5 Å². The first-order valence-electron chi connectivity index (χ1n) is 6.05. The molecule has 0 aliphatic carbocycles. The zero-order chi connectivity index (χ0) is 14.6. The van der Waals surface area contributed by atoms with Crippen LogP contribution >= 0.6 is 11.3 Å². The molecule has 1 atom stereocenters. The molecule has 2 rings (SSSR count). The molecule has 0 aliphatic rings. The summed E-state index contributed by atoms with van der Waals surface area (Å²) in [5.41, 5.74) is 0. The van der Waals surface area contributed by atoms with Crippen molar-refractivity contribution in [2.24, 2.45) is 0 Å². The Morgan fingerprint density at radius 2 is 2.35 bits per heavy atom. The molecular formula is C11H16N4O3S2. The van der Waals surface area contributed by atoms with E-state index >= 15 is 0 Å². The monoisotopic (exact) mass is 316 g/mol. The lowest BCUT2D eigenvalue weighted by molar-refractivity contribution is 0.269. The number of thiazole rings is 1. The topological polar surface area (TPSA) is 97.1 Å². The quantitative estimate of drug-likeness (QED) is 0.771. The van der Waals surface area contributed by atoms with Crippen LogP contribution in [-0.4, -0.2) is 41.4 Å². The Labute approximate surface area is 121 Å². The van der Waals surface area contributed by atoms with E-state index in [1.54, 1.807) is 6.20 Å². The Morgan fingerprint density at radius 3 is 3.00 bits per heavy atom. The predicted molar refractivity (Wildman–Crippen MR) is 75.0 cm³/mol. The van der Waals surface area contributed by atoms with Gasteiger partial charge in [-0.05, 0) is 0 Å². The molecule has 7 nitrogen and oxygen atoms in total. The highest BCUT2D eigenvalue weighted by molar-refractivity contribution is 7.89. The summed E-state index contributed by atoms with van der Waals surface area (Å²) in [6.45, 7) is 2.37. The van der Waals surface area contributed by atoms with Crippen LogP contribution in [0.25, 0.3) is 0 Å². The van der Waals surface area contributed by atoms with E-state index in [9.17, 15) is 8.42 Å². The molecule has 0 saturated carbocycles. The third kappa shape index (κ3) is 3.63. The Balaban J connectivity index is 1.99. The lowest BCUT2D eigenvalue weighted by Gasteiger charge is -2.09. The van der Waals surface area contributed by atoms with Crippen LogP contribution < -0.4 is 4.72 Å². The number of nitrogens with zero attached hydrogens (tertiary/aromatic N) is 3. The minimum atomic E-state index is -3.58. The van der Waals surface area contributed by atoms with E-state index in [0.717, 1.165) is 5.01 Å². The van der Waals surface area contributed by atoms with Gasteiger partial charge in [0.25, 0.3) is 0 Å². The Hall–Kier alpha value is -1.29. The summed E-state index contributed by atoms with van der Waals surface area (Å²) in [5.74, 6) is 0.0114. The molecule has 20 heavy (non-hydrogen) atoms. The largest absolute Gasteiger partial charge is 0.394 e. The summed E-state index contributed by atoms with van der Waals surface area (Å²) in [4.78, 5) is 4.25. The summed E-state index contributed by atoms with van der Waals surface area (Å²) in [6, 6.07) is 0. The van der Waals surface area contributed by atoms with Crippen molar-refractivity contribution >= 4 is 21.4 Å². The van der Waals surface area contributed by atoms with Gasteiger partial charge >= 0.3 is 0 Å². The third-order valence-electron chi connectivity index (χ3n) is 2.70. The van der Waals surface area contributed by atoms with Gasteiger partial charge in [0.2, 0.25) is 10.0 Å². The van der Waals surface area contributed by atoms with Crippen LogP contribution in [0.2, 0.25) is 0 Å². The summed E-state index contributed by atoms with van der Waals surface area (Å²) >= 11 is 1.50. The second-order valence-corrected chi connectivity index (χ2v) is 6.98. The smallest absolute Gasteiger partial charge is 0.243 e. The van der Waals surface area contributed by atoms with Crippen LogP contribution in [0, 0.1) is 0 Å². The predicted octanol–water partition coefficient (Wildman–Crippen LogP) is 0.414. The maximum absolute atomic E-state index is 12.1. The van der Waals surface area contributed by atoms with Gasteiger partial charge in [-0.25, -0.2) is 18.1 Å². The average molecular weight is 316 g/mol. The number of aliphatic hydroxyl groups excluding tert-OH is 1. The molecular weight excluding hydrogens is 300 g/mol. The Bertz CT molecular complexity index is 636. The van der Waals surface area contributed by atoms with Gasteiger partial charge in [0.05, 0.1) is 24.4 Å². The highest BCUT2D eigenvalue weighted by atomic mass is 32.2. The SMILES string of the molecule is CC(CNS(=O)(=O)c1cnn(CCO)c1)c1nccs1. The van der Waals surface area contributed by atoms with E-state index in [1.165, 1.54) is 28.4 Å². The molecule has 0 spiro atoms. The minimum absolute atomic E-state index is 0.0114. The standard InChI is InChI=1S/C11H16N4O3S2/c1-9(11-12-2-5-19-11)6-14-20(17,18)10-7-13-15(8-10)3-4-16/h2,5,7-9,14,16H,3-4,6H2,1H3. The molecule has 9 heteroatoms. The van der Waals surface area contributed by atoms with Crippen molar-refractivity contribution in [2.45, 2.75) is 24.3 Å². The number of hydrogen-bond donors (Lipinski definition) is 2. The first-order valence-corrected chi connectivity index (χ1v) is 8.41. The van der Waals surface area contributed by atoms with Gasteiger partial charge in [-0.2, -0.15) is 5.10 Å². The van der Waals surface area contributed by atoms with Crippen LogP contribution in [0.1, 0.15) is 17.8 Å². The highest BCUT2D eigenvalue weighted by Gasteiger charge is 2.18. The van der Waals surface area contributed by atoms with Crippen molar-refractivity contribution < 1.29 is 13.5 Å². The normalized spacial score (nSPS) is 13.5. The van der Waals surface area contributed by atoms with E-state index in [0.29, 0.717) is 0 Å². The summed E-state index contributed by atoms with van der Waals surface area (Å²) in [5, 5.41) is 15.4. The van der Waals surface area contributed by atoms with Crippen LogP contribution in [0.4, 0.5) is 0 Å². The summed E-state index contributed by atoms with van der Waals surface area (Å²) < 4.78 is 28.1. The molecule has 2 aromatic heterocycles. The molecule has 2 heterocycles. The molecule has 0 aromatic carbocycles. The van der Waals surface area contributed by atoms with E-state index < -0.39 is 10.0 Å². The summed E-state index contributed by atoms with van der Waals surface area (Å²) in [7, 11) is -3.58. The van der Waals surface area contributed by atoms with E-state index in [1.807, 2.05) is 12.3 Å². The van der Waals surface area contributed by atoms with Crippen LogP contribution in [-0.2, 0) is 16.6 Å². The van der Waals surface area contributed by atoms with Gasteiger partial charge in [-0.1, -0.05) is 6.92 Å². The zero-order valence-electron chi connectivity index (χ0n) is 10.9. The third-order valence-corrected chi connectivity index (χ3v) is 5.09. The second-order valence-electron chi connectivity index (χ2n) is 4.29. The number of rotatable bonds is 7. The molecule has 0 fully saturated rings. The van der Waals surface area contributed by atoms with Crippen molar-refractivity contribution in [1.29, 1.82) is 0 Å². The summed E-state index contributed by atoms with van der Waals surface area (Å²) in [6.07, 6.45) is 4.36. The number of aromatic nitrogens is 3. The highest BCUT2D eigenvalue weighted by Crippen LogP contribution is 2.17. The van der Waals surface area contributed by atoms with Gasteiger partial charge in [0.1, 0.15) is 4.90 Å². The van der Waals surface area contributed by atoms with Gasteiger partial charge in [0, 0.05) is 30.2 Å². The van der Waals surface area contributed by atoms with Crippen LogP contribution in [0.5, 0.6) is 0 Å². The molecule has 0 bridgehead atoms. The Morgan fingerprint density at radius 1 is 1.55 bits per heavy atom. The molecule has 0 radical (unpaired) electrons. The van der Waals surface area contributed by atoms with Crippen LogP contribution in [0.15, 0.2) is 28.9 Å². The lowest BCUT2D eigenvalue weighted by atomic mass is 10.2. The molecule has 2 aromatic rings. The zero-order valence-corrected chi connectivity index (χ0v) is 12.6. The van der Waals surface area contributed by atoms with Crippen LogP contribution in [0.3, 0.4) is 0 Å². The Kier molecular flexibility index (Phi) is 4.86. The fraction of sp³-hybridized carbons (Fsp3) is 0.455. The first-order chi connectivity index (χ1) is 9.53. The van der Waals surface area contributed by atoms with Gasteiger partial charge in [0.15, 0.2) is 0 Å². The molecule has 0 amide bonds. The van der Waals surface area contributed by atoms with Crippen molar-refractivity contribution in [2.75, 3.05) is 13.2 Å². The number of aliphatic hydroxyl groups is 1. The van der Waals surface area contributed by atoms with Gasteiger partial charge in [-0.15, -0.1) is 11.3 Å².